The van der Waals surface area contributed by atoms with Crippen LogP contribution in [-0.4, -0.2) is 0 Å². The van der Waals surface area contributed by atoms with E-state index in [2.05, 4.69) is 289 Å². The first-order chi connectivity index (χ1) is 34.2. The van der Waals surface area contributed by atoms with Gasteiger partial charge in [-0.05, 0) is 133 Å². The highest BCUT2D eigenvalue weighted by Gasteiger charge is 2.51. The lowest BCUT2D eigenvalue weighted by Gasteiger charge is -2.45. The molecular weight excluding hydrogens is 833 g/mol. The molecule has 11 aromatic rings. The second kappa shape index (κ2) is 16.7. The molecule has 0 saturated heterocycles. The molecular formula is C67H46N2. The van der Waals surface area contributed by atoms with Crippen molar-refractivity contribution in [2.45, 2.75) is 5.41 Å². The summed E-state index contributed by atoms with van der Waals surface area (Å²) in [4.78, 5) is 4.91. The first-order valence-corrected chi connectivity index (χ1v) is 23.8. The zero-order valence-corrected chi connectivity index (χ0v) is 38.0. The van der Waals surface area contributed by atoms with Crippen molar-refractivity contribution in [1.29, 1.82) is 0 Å². The molecule has 0 amide bonds. The summed E-state index contributed by atoms with van der Waals surface area (Å²) in [6, 6.07) is 102. The molecule has 13 rings (SSSR count). The first kappa shape index (κ1) is 40.3. The maximum atomic E-state index is 2.49. The Morgan fingerprint density at radius 2 is 0.696 bits per heavy atom. The minimum absolute atomic E-state index is 0.579. The summed E-state index contributed by atoms with van der Waals surface area (Å²) >= 11 is 0. The normalized spacial score (nSPS) is 12.7. The van der Waals surface area contributed by atoms with Crippen molar-refractivity contribution in [1.82, 2.24) is 0 Å². The quantitative estimate of drug-likeness (QED) is 0.150. The Hall–Kier alpha value is -8.98. The van der Waals surface area contributed by atoms with Gasteiger partial charge in [0.05, 0.1) is 22.5 Å². The minimum Gasteiger partial charge on any atom is -0.310 e. The number of nitrogens with zero attached hydrogens (tertiary/aromatic N) is 2. The van der Waals surface area contributed by atoms with Gasteiger partial charge >= 0.3 is 0 Å². The summed E-state index contributed by atoms with van der Waals surface area (Å²) in [6.07, 6.45) is 0. The molecule has 1 spiro atoms. The zero-order chi connectivity index (χ0) is 45.7. The minimum atomic E-state index is -0.579. The van der Waals surface area contributed by atoms with Crippen LogP contribution in [-0.2, 0) is 5.41 Å². The van der Waals surface area contributed by atoms with E-state index in [4.69, 9.17) is 0 Å². The molecule has 0 bridgehead atoms. The lowest BCUT2D eigenvalue weighted by atomic mass is 9.64. The van der Waals surface area contributed by atoms with Gasteiger partial charge in [-0.3, -0.25) is 0 Å². The number of para-hydroxylation sites is 4. The highest BCUT2D eigenvalue weighted by atomic mass is 15.2. The van der Waals surface area contributed by atoms with E-state index in [1.807, 2.05) is 0 Å². The maximum Gasteiger partial charge on any atom is 0.0755 e. The molecule has 11 aromatic carbocycles. The molecule has 0 unspecified atom stereocenters. The Morgan fingerprint density at radius 1 is 0.261 bits per heavy atom. The van der Waals surface area contributed by atoms with Crippen LogP contribution >= 0.6 is 0 Å². The van der Waals surface area contributed by atoms with E-state index in [0.29, 0.717) is 0 Å². The van der Waals surface area contributed by atoms with Crippen molar-refractivity contribution in [2.75, 3.05) is 9.80 Å². The van der Waals surface area contributed by atoms with Gasteiger partial charge in [-0.15, -0.1) is 0 Å². The number of hydrogen-bond donors (Lipinski definition) is 0. The molecule has 324 valence electrons. The van der Waals surface area contributed by atoms with Gasteiger partial charge in [-0.1, -0.05) is 218 Å². The van der Waals surface area contributed by atoms with Crippen molar-refractivity contribution in [3.63, 3.8) is 0 Å². The van der Waals surface area contributed by atoms with Crippen molar-refractivity contribution in [3.8, 4) is 55.6 Å². The molecule has 1 aliphatic carbocycles. The van der Waals surface area contributed by atoms with Crippen LogP contribution in [0, 0.1) is 0 Å². The van der Waals surface area contributed by atoms with Gasteiger partial charge in [0.15, 0.2) is 0 Å². The molecule has 0 aromatic heterocycles. The molecule has 0 radical (unpaired) electrons. The maximum absolute atomic E-state index is 2.49. The van der Waals surface area contributed by atoms with Gasteiger partial charge in [0.25, 0.3) is 0 Å². The fourth-order valence-electron chi connectivity index (χ4n) is 11.2. The molecule has 0 atom stereocenters. The Bertz CT molecular complexity index is 3610. The monoisotopic (exact) mass is 878 g/mol. The number of benzene rings is 11. The lowest BCUT2D eigenvalue weighted by Crippen LogP contribution is -2.36. The van der Waals surface area contributed by atoms with Crippen molar-refractivity contribution < 1.29 is 0 Å². The summed E-state index contributed by atoms with van der Waals surface area (Å²) in [6.45, 7) is 0. The fraction of sp³-hybridized carbons (Fsp3) is 0.0149. The number of rotatable bonds is 8. The summed E-state index contributed by atoms with van der Waals surface area (Å²) in [7, 11) is 0. The van der Waals surface area contributed by atoms with Crippen molar-refractivity contribution in [2.24, 2.45) is 0 Å². The SMILES string of the molecule is c1ccc(-c2cccc(-c3ccc(-c4ccc(N(c5ccc6c(c5)C5(c7ccccc7-6)c6ccccc6N(c6ccccc6)c6ccccc65)c5ccccc5-c5ccccc5)cc4)cc3)c2)cc1. The zero-order valence-electron chi connectivity index (χ0n) is 38.0. The third-order valence-electron chi connectivity index (χ3n) is 14.3. The molecule has 1 aliphatic heterocycles. The number of hydrogen-bond acceptors (Lipinski definition) is 2. The summed E-state index contributed by atoms with van der Waals surface area (Å²) < 4.78 is 0. The molecule has 2 heteroatoms. The molecule has 0 saturated carbocycles. The molecule has 0 fully saturated rings. The van der Waals surface area contributed by atoms with E-state index in [1.54, 1.807) is 0 Å². The molecule has 2 nitrogen and oxygen atoms in total. The molecule has 0 N–H and O–H groups in total. The average molecular weight is 879 g/mol. The van der Waals surface area contributed by atoms with E-state index in [0.717, 1.165) is 22.7 Å². The third kappa shape index (κ3) is 6.64. The lowest BCUT2D eigenvalue weighted by molar-refractivity contribution is 0.752. The highest BCUT2D eigenvalue weighted by Crippen LogP contribution is 2.64. The Balaban J connectivity index is 0.962. The average Bonchev–Trinajstić information content (AvgIpc) is 3.72. The van der Waals surface area contributed by atoms with Crippen LogP contribution in [0.4, 0.5) is 34.1 Å². The van der Waals surface area contributed by atoms with Crippen LogP contribution in [0.5, 0.6) is 0 Å². The van der Waals surface area contributed by atoms with Gasteiger partial charge in [0, 0.05) is 22.6 Å². The predicted molar refractivity (Wildman–Crippen MR) is 288 cm³/mol. The largest absolute Gasteiger partial charge is 0.310 e. The standard InChI is InChI=1S/C67H46N2/c1-4-19-47(20-5-1)52-23-18-24-53(45-52)50-37-35-48(36-38-50)49-39-41-55(42-40-49)68(64-32-15-11-27-57(64)51-21-6-2-7-22-51)56-43-44-59-58-28-10-12-29-60(58)67(63(59)46-56)61-30-13-16-33-65(61)69(54-25-8-3-9-26-54)66-34-17-14-31-62(66)67/h1-46H. The third-order valence-corrected chi connectivity index (χ3v) is 14.3. The Morgan fingerprint density at radius 3 is 1.33 bits per heavy atom. The van der Waals surface area contributed by atoms with Crippen LogP contribution in [0.25, 0.3) is 55.6 Å². The van der Waals surface area contributed by atoms with Gasteiger partial charge in [0.1, 0.15) is 0 Å². The van der Waals surface area contributed by atoms with Crippen molar-refractivity contribution in [3.05, 3.63) is 301 Å². The van der Waals surface area contributed by atoms with Crippen LogP contribution in [0.1, 0.15) is 22.3 Å². The van der Waals surface area contributed by atoms with Crippen LogP contribution < -0.4 is 9.80 Å². The molecule has 1 heterocycles. The molecule has 2 aliphatic rings. The van der Waals surface area contributed by atoms with Gasteiger partial charge in [-0.25, -0.2) is 0 Å². The van der Waals surface area contributed by atoms with E-state index >= 15 is 0 Å². The van der Waals surface area contributed by atoms with Crippen molar-refractivity contribution >= 4 is 34.1 Å². The molecule has 69 heavy (non-hydrogen) atoms. The Kier molecular flexibility index (Phi) is 9.77. The van der Waals surface area contributed by atoms with E-state index in [1.165, 1.54) is 89.3 Å². The van der Waals surface area contributed by atoms with Gasteiger partial charge in [-0.2, -0.15) is 0 Å². The smallest absolute Gasteiger partial charge is 0.0755 e. The summed E-state index contributed by atoms with van der Waals surface area (Å²) in [5.74, 6) is 0. The highest BCUT2D eigenvalue weighted by molar-refractivity contribution is 5.98. The second-order valence-corrected chi connectivity index (χ2v) is 18.0. The second-order valence-electron chi connectivity index (χ2n) is 18.0. The van der Waals surface area contributed by atoms with Crippen LogP contribution in [0.15, 0.2) is 279 Å². The first-order valence-electron chi connectivity index (χ1n) is 23.8. The van der Waals surface area contributed by atoms with Gasteiger partial charge in [0.2, 0.25) is 0 Å². The van der Waals surface area contributed by atoms with Gasteiger partial charge < -0.3 is 9.80 Å². The Labute approximate surface area is 404 Å². The summed E-state index contributed by atoms with van der Waals surface area (Å²) in [5.41, 5.74) is 23.4. The van der Waals surface area contributed by atoms with Crippen LogP contribution in [0.3, 0.4) is 0 Å². The number of fused-ring (bicyclic) bond motifs is 9. The summed E-state index contributed by atoms with van der Waals surface area (Å²) in [5, 5.41) is 0. The predicted octanol–water partition coefficient (Wildman–Crippen LogP) is 18.0. The van der Waals surface area contributed by atoms with E-state index < -0.39 is 5.41 Å². The number of anilines is 6. The fourth-order valence-corrected chi connectivity index (χ4v) is 11.2. The topological polar surface area (TPSA) is 6.48 Å². The van der Waals surface area contributed by atoms with E-state index in [-0.39, 0.29) is 0 Å². The van der Waals surface area contributed by atoms with E-state index in [9.17, 15) is 0 Å². The van der Waals surface area contributed by atoms with Crippen LogP contribution in [0.2, 0.25) is 0 Å².